The van der Waals surface area contributed by atoms with E-state index in [1.54, 1.807) is 0 Å². The maximum Gasteiger partial charge on any atom is 0.264 e. The van der Waals surface area contributed by atoms with Gasteiger partial charge in [0.2, 0.25) is 5.91 Å². The number of sulfonamides is 1. The molecule has 3 aromatic carbocycles. The van der Waals surface area contributed by atoms with Crippen molar-refractivity contribution >= 4 is 33.2 Å². The first-order valence-corrected chi connectivity index (χ1v) is 12.9. The van der Waals surface area contributed by atoms with Gasteiger partial charge in [-0.05, 0) is 67.8 Å². The Morgan fingerprint density at radius 3 is 2.31 bits per heavy atom. The van der Waals surface area contributed by atoms with Gasteiger partial charge in [0, 0.05) is 6.07 Å². The van der Waals surface area contributed by atoms with Crippen LogP contribution in [-0.4, -0.2) is 35.1 Å². The van der Waals surface area contributed by atoms with Gasteiger partial charge in [-0.1, -0.05) is 29.8 Å². The zero-order valence-electron chi connectivity index (χ0n) is 20.6. The maximum atomic E-state index is 13.8. The van der Waals surface area contributed by atoms with E-state index >= 15 is 0 Å². The van der Waals surface area contributed by atoms with Gasteiger partial charge in [0.1, 0.15) is 12.4 Å². The molecular formula is C26H28ClFN2O5S. The number of anilines is 1. The first kappa shape index (κ1) is 27.3. The number of halogens is 2. The summed E-state index contributed by atoms with van der Waals surface area (Å²) in [5.74, 6) is -0.724. The second kappa shape index (κ2) is 11.2. The van der Waals surface area contributed by atoms with Gasteiger partial charge in [-0.2, -0.15) is 0 Å². The van der Waals surface area contributed by atoms with E-state index in [1.165, 1.54) is 38.5 Å². The van der Waals surface area contributed by atoms with Crippen LogP contribution in [0, 0.1) is 19.7 Å². The minimum absolute atomic E-state index is 0.0326. The van der Waals surface area contributed by atoms with E-state index in [-0.39, 0.29) is 27.4 Å². The standard InChI is InChI=1S/C26H28ClFN2O5S/c1-16-6-7-19(12-17(16)2)18(3)29-26(31)15-30(20-8-10-23(28)22(27)13-20)36(32,33)21-9-11-24(34-4)25(14-21)35-5/h6-14,18H,15H2,1-5H3,(H,29,31). The van der Waals surface area contributed by atoms with Gasteiger partial charge in [0.05, 0.1) is 35.9 Å². The van der Waals surface area contributed by atoms with Gasteiger partial charge in [0.25, 0.3) is 10.0 Å². The summed E-state index contributed by atoms with van der Waals surface area (Å²) < 4.78 is 52.5. The van der Waals surface area contributed by atoms with Crippen molar-refractivity contribution in [2.45, 2.75) is 31.7 Å². The number of carbonyl (C=O) groups excluding carboxylic acids is 1. The lowest BCUT2D eigenvalue weighted by Gasteiger charge is -2.26. The first-order chi connectivity index (χ1) is 17.0. The topological polar surface area (TPSA) is 84.9 Å². The Labute approximate surface area is 215 Å². The highest BCUT2D eigenvalue weighted by Crippen LogP contribution is 2.33. The van der Waals surface area contributed by atoms with Crippen molar-refractivity contribution in [1.82, 2.24) is 5.32 Å². The lowest BCUT2D eigenvalue weighted by molar-refractivity contribution is -0.120. The van der Waals surface area contributed by atoms with E-state index < -0.39 is 28.3 Å². The molecule has 0 aliphatic rings. The fraction of sp³-hybridized carbons (Fsp3) is 0.269. The van der Waals surface area contributed by atoms with Gasteiger partial charge in [-0.25, -0.2) is 12.8 Å². The number of carbonyl (C=O) groups is 1. The van der Waals surface area contributed by atoms with Crippen molar-refractivity contribution in [3.8, 4) is 11.5 Å². The number of nitrogens with zero attached hydrogens (tertiary/aromatic N) is 1. The molecule has 10 heteroatoms. The molecule has 36 heavy (non-hydrogen) atoms. The van der Waals surface area contributed by atoms with E-state index in [4.69, 9.17) is 21.1 Å². The van der Waals surface area contributed by atoms with Crippen LogP contribution in [0.25, 0.3) is 0 Å². The predicted octanol–water partition coefficient (Wildman–Crippen LogP) is 5.19. The van der Waals surface area contributed by atoms with Crippen LogP contribution >= 0.6 is 11.6 Å². The molecule has 192 valence electrons. The molecule has 3 aromatic rings. The minimum Gasteiger partial charge on any atom is -0.493 e. The average molecular weight is 535 g/mol. The second-order valence-corrected chi connectivity index (χ2v) is 10.5. The highest BCUT2D eigenvalue weighted by atomic mass is 35.5. The highest BCUT2D eigenvalue weighted by molar-refractivity contribution is 7.92. The molecule has 1 atom stereocenters. The number of amides is 1. The van der Waals surface area contributed by atoms with Gasteiger partial charge in [-0.15, -0.1) is 0 Å². The fourth-order valence-corrected chi connectivity index (χ4v) is 5.20. The lowest BCUT2D eigenvalue weighted by atomic mass is 10.0. The number of benzene rings is 3. The van der Waals surface area contributed by atoms with Gasteiger partial charge < -0.3 is 14.8 Å². The van der Waals surface area contributed by atoms with Gasteiger partial charge in [-0.3, -0.25) is 9.10 Å². The zero-order valence-corrected chi connectivity index (χ0v) is 22.2. The molecule has 1 amide bonds. The molecule has 0 bridgehead atoms. The Hall–Kier alpha value is -3.30. The lowest BCUT2D eigenvalue weighted by Crippen LogP contribution is -2.41. The normalized spacial score (nSPS) is 12.1. The zero-order chi connectivity index (χ0) is 26.6. The summed E-state index contributed by atoms with van der Waals surface area (Å²) in [6.07, 6.45) is 0. The molecule has 0 heterocycles. The Morgan fingerprint density at radius 2 is 1.69 bits per heavy atom. The molecular weight excluding hydrogens is 507 g/mol. The fourth-order valence-electron chi connectivity index (χ4n) is 3.59. The van der Waals surface area contributed by atoms with Gasteiger partial charge >= 0.3 is 0 Å². The molecule has 0 aliphatic heterocycles. The molecule has 0 radical (unpaired) electrons. The van der Waals surface area contributed by atoms with E-state index in [2.05, 4.69) is 5.32 Å². The number of hydrogen-bond donors (Lipinski definition) is 1. The van der Waals surface area contributed by atoms with Crippen LogP contribution < -0.4 is 19.1 Å². The van der Waals surface area contributed by atoms with Crippen LogP contribution in [0.2, 0.25) is 5.02 Å². The SMILES string of the molecule is COc1ccc(S(=O)(=O)N(CC(=O)NC(C)c2ccc(C)c(C)c2)c2ccc(F)c(Cl)c2)cc1OC. The van der Waals surface area contributed by atoms with Crippen LogP contribution in [0.4, 0.5) is 10.1 Å². The molecule has 1 N–H and O–H groups in total. The minimum atomic E-state index is -4.29. The van der Waals surface area contributed by atoms with Crippen molar-refractivity contribution in [3.05, 3.63) is 82.1 Å². The van der Waals surface area contributed by atoms with E-state index in [0.717, 1.165) is 33.1 Å². The number of ether oxygens (including phenoxy) is 2. The monoisotopic (exact) mass is 534 g/mol. The molecule has 0 saturated heterocycles. The summed E-state index contributed by atoms with van der Waals surface area (Å²) in [5.41, 5.74) is 3.11. The Kier molecular flexibility index (Phi) is 8.47. The maximum absolute atomic E-state index is 13.8. The van der Waals surface area contributed by atoms with Crippen LogP contribution in [-0.2, 0) is 14.8 Å². The van der Waals surface area contributed by atoms with Crippen molar-refractivity contribution < 1.29 is 27.1 Å². The second-order valence-electron chi connectivity index (χ2n) is 8.26. The molecule has 3 rings (SSSR count). The van der Waals surface area contributed by atoms with Crippen LogP contribution in [0.5, 0.6) is 11.5 Å². The quantitative estimate of drug-likeness (QED) is 0.408. The number of aryl methyl sites for hydroxylation is 2. The summed E-state index contributed by atoms with van der Waals surface area (Å²) in [4.78, 5) is 12.9. The number of nitrogens with one attached hydrogen (secondary N) is 1. The third kappa shape index (κ3) is 5.91. The number of rotatable bonds is 9. The largest absolute Gasteiger partial charge is 0.493 e. The Balaban J connectivity index is 1.97. The van der Waals surface area contributed by atoms with E-state index in [0.29, 0.717) is 5.75 Å². The molecule has 0 aliphatic carbocycles. The summed E-state index contributed by atoms with van der Waals surface area (Å²) in [6.45, 7) is 5.22. The van der Waals surface area contributed by atoms with Crippen LogP contribution in [0.15, 0.2) is 59.5 Å². The van der Waals surface area contributed by atoms with Crippen LogP contribution in [0.3, 0.4) is 0 Å². The van der Waals surface area contributed by atoms with E-state index in [9.17, 15) is 17.6 Å². The highest BCUT2D eigenvalue weighted by Gasteiger charge is 2.29. The van der Waals surface area contributed by atoms with Crippen molar-refractivity contribution in [2.24, 2.45) is 0 Å². The number of methoxy groups -OCH3 is 2. The predicted molar refractivity (Wildman–Crippen MR) is 138 cm³/mol. The first-order valence-electron chi connectivity index (χ1n) is 11.0. The summed E-state index contributed by atoms with van der Waals surface area (Å²) in [6, 6.07) is 13.0. The summed E-state index contributed by atoms with van der Waals surface area (Å²) in [5, 5.41) is 2.56. The number of hydrogen-bond acceptors (Lipinski definition) is 5. The van der Waals surface area contributed by atoms with Crippen molar-refractivity contribution in [1.29, 1.82) is 0 Å². The smallest absolute Gasteiger partial charge is 0.264 e. The van der Waals surface area contributed by atoms with Crippen molar-refractivity contribution in [3.63, 3.8) is 0 Å². The molecule has 1 unspecified atom stereocenters. The van der Waals surface area contributed by atoms with Gasteiger partial charge in [0.15, 0.2) is 11.5 Å². The summed E-state index contributed by atoms with van der Waals surface area (Å²) in [7, 11) is -1.48. The molecule has 0 spiro atoms. The molecule has 0 aromatic heterocycles. The molecule has 0 saturated carbocycles. The average Bonchev–Trinajstić information content (AvgIpc) is 2.85. The van der Waals surface area contributed by atoms with Crippen molar-refractivity contribution in [2.75, 3.05) is 25.1 Å². The Bertz CT molecular complexity index is 1380. The Morgan fingerprint density at radius 1 is 1.00 bits per heavy atom. The van der Waals surface area contributed by atoms with E-state index in [1.807, 2.05) is 39.0 Å². The molecule has 7 nitrogen and oxygen atoms in total. The third-order valence-corrected chi connectivity index (χ3v) is 7.89. The summed E-state index contributed by atoms with van der Waals surface area (Å²) >= 11 is 5.94. The van der Waals surface area contributed by atoms with Crippen LogP contribution in [0.1, 0.15) is 29.7 Å². The molecule has 0 fully saturated rings. The third-order valence-electron chi connectivity index (χ3n) is 5.83.